The fourth-order valence-electron chi connectivity index (χ4n) is 1.84. The van der Waals surface area contributed by atoms with Gasteiger partial charge in [0.1, 0.15) is 0 Å². The van der Waals surface area contributed by atoms with Gasteiger partial charge in [-0.05, 0) is 53.4 Å². The van der Waals surface area contributed by atoms with Gasteiger partial charge in [-0.25, -0.2) is 4.79 Å². The van der Waals surface area contributed by atoms with Crippen molar-refractivity contribution in [1.82, 2.24) is 4.90 Å². The number of anilines is 1. The van der Waals surface area contributed by atoms with Crippen LogP contribution in [-0.2, 0) is 0 Å². The lowest BCUT2D eigenvalue weighted by Crippen LogP contribution is -2.36. The average molecular weight is 343 g/mol. The number of nitrogens with zero attached hydrogens (tertiary/aromatic N) is 1. The van der Waals surface area contributed by atoms with Gasteiger partial charge in [0.15, 0.2) is 0 Å². The quantitative estimate of drug-likeness (QED) is 0.792. The Balaban J connectivity index is 2.68. The van der Waals surface area contributed by atoms with Crippen LogP contribution in [0.4, 0.5) is 10.5 Å². The molecule has 2 N–H and O–H groups in total. The van der Waals surface area contributed by atoms with Crippen molar-refractivity contribution in [1.29, 1.82) is 0 Å². The Morgan fingerprint density at radius 1 is 1.35 bits per heavy atom. The number of hydrogen-bond donors (Lipinski definition) is 2. The number of nitrogens with one attached hydrogen (secondary N) is 1. The highest BCUT2D eigenvalue weighted by Gasteiger charge is 2.13. The van der Waals surface area contributed by atoms with Crippen molar-refractivity contribution in [2.24, 2.45) is 0 Å². The summed E-state index contributed by atoms with van der Waals surface area (Å²) < 4.78 is 0.878. The number of urea groups is 1. The van der Waals surface area contributed by atoms with Crippen LogP contribution < -0.4 is 5.32 Å². The molecule has 0 unspecified atom stereocenters. The smallest absolute Gasteiger partial charge is 0.321 e. The van der Waals surface area contributed by atoms with Crippen molar-refractivity contribution in [3.8, 4) is 0 Å². The number of aryl methyl sites for hydroxylation is 1. The third kappa shape index (κ3) is 5.51. The fourth-order valence-corrected chi connectivity index (χ4v) is 2.43. The Morgan fingerprint density at radius 2 is 2.05 bits per heavy atom. The van der Waals surface area contributed by atoms with E-state index >= 15 is 0 Å². The minimum atomic E-state index is -0.114. The van der Waals surface area contributed by atoms with Crippen LogP contribution in [0.5, 0.6) is 0 Å². The van der Waals surface area contributed by atoms with E-state index in [0.29, 0.717) is 19.5 Å². The molecule has 112 valence electrons. The molecule has 0 aliphatic rings. The second kappa shape index (κ2) is 8.97. The molecule has 20 heavy (non-hydrogen) atoms. The van der Waals surface area contributed by atoms with E-state index < -0.39 is 0 Å². The monoisotopic (exact) mass is 342 g/mol. The summed E-state index contributed by atoms with van der Waals surface area (Å²) in [6.07, 6.45) is 2.61. The molecule has 1 rings (SSSR count). The number of carbonyl (C=O) groups excluding carboxylic acids is 1. The van der Waals surface area contributed by atoms with E-state index in [1.165, 1.54) is 0 Å². The van der Waals surface area contributed by atoms with Gasteiger partial charge in [0.05, 0.1) is 5.69 Å². The molecular formula is C15H23BrN2O2. The maximum atomic E-state index is 12.3. The molecule has 0 fully saturated rings. The summed E-state index contributed by atoms with van der Waals surface area (Å²) in [7, 11) is 0. The van der Waals surface area contributed by atoms with Crippen molar-refractivity contribution in [2.45, 2.75) is 33.1 Å². The fraction of sp³-hybridized carbons (Fsp3) is 0.533. The molecule has 0 aliphatic heterocycles. The van der Waals surface area contributed by atoms with Gasteiger partial charge in [0, 0.05) is 24.2 Å². The number of rotatable bonds is 7. The first-order valence-corrected chi connectivity index (χ1v) is 7.80. The zero-order valence-corrected chi connectivity index (χ0v) is 13.7. The van der Waals surface area contributed by atoms with E-state index in [2.05, 4.69) is 28.2 Å². The molecule has 0 saturated carbocycles. The maximum absolute atomic E-state index is 12.3. The van der Waals surface area contributed by atoms with E-state index in [1.54, 1.807) is 4.90 Å². The number of unbranched alkanes of at least 4 members (excludes halogenated alkanes) is 1. The summed E-state index contributed by atoms with van der Waals surface area (Å²) in [5.41, 5.74) is 1.91. The summed E-state index contributed by atoms with van der Waals surface area (Å²) in [5, 5.41) is 11.8. The van der Waals surface area contributed by atoms with Gasteiger partial charge >= 0.3 is 6.03 Å². The molecule has 1 aromatic rings. The van der Waals surface area contributed by atoms with Crippen molar-refractivity contribution in [2.75, 3.05) is 25.0 Å². The number of benzene rings is 1. The van der Waals surface area contributed by atoms with E-state index in [4.69, 9.17) is 5.11 Å². The third-order valence-corrected chi connectivity index (χ3v) is 3.68. The van der Waals surface area contributed by atoms with Gasteiger partial charge in [-0.1, -0.05) is 19.4 Å². The first-order valence-electron chi connectivity index (χ1n) is 7.01. The van der Waals surface area contributed by atoms with E-state index in [1.807, 2.05) is 25.1 Å². The number of carbonyl (C=O) groups is 1. The van der Waals surface area contributed by atoms with Gasteiger partial charge < -0.3 is 15.3 Å². The van der Waals surface area contributed by atoms with Crippen LogP contribution >= 0.6 is 15.9 Å². The molecule has 0 atom stereocenters. The molecule has 0 radical (unpaired) electrons. The molecule has 5 heteroatoms. The number of hydrogen-bond acceptors (Lipinski definition) is 2. The zero-order chi connectivity index (χ0) is 15.0. The molecule has 0 saturated heterocycles. The largest absolute Gasteiger partial charge is 0.396 e. The summed E-state index contributed by atoms with van der Waals surface area (Å²) in [6.45, 7) is 5.49. The maximum Gasteiger partial charge on any atom is 0.321 e. The summed E-state index contributed by atoms with van der Waals surface area (Å²) >= 11 is 3.46. The Morgan fingerprint density at radius 3 is 2.65 bits per heavy atom. The van der Waals surface area contributed by atoms with E-state index in [9.17, 15) is 4.79 Å². The van der Waals surface area contributed by atoms with E-state index in [0.717, 1.165) is 28.6 Å². The highest BCUT2D eigenvalue weighted by Crippen LogP contribution is 2.23. The lowest BCUT2D eigenvalue weighted by atomic mass is 10.2. The Labute approximate surface area is 129 Å². The number of amides is 2. The zero-order valence-electron chi connectivity index (χ0n) is 12.2. The van der Waals surface area contributed by atoms with Crippen LogP contribution in [-0.4, -0.2) is 35.7 Å². The molecule has 4 nitrogen and oxygen atoms in total. The lowest BCUT2D eigenvalue weighted by molar-refractivity contribution is 0.201. The van der Waals surface area contributed by atoms with Crippen LogP contribution in [0.15, 0.2) is 22.7 Å². The van der Waals surface area contributed by atoms with E-state index in [-0.39, 0.29) is 12.6 Å². The number of aliphatic hydroxyl groups excluding tert-OH is 1. The highest BCUT2D eigenvalue weighted by atomic mass is 79.9. The lowest BCUT2D eigenvalue weighted by Gasteiger charge is -2.23. The Kier molecular flexibility index (Phi) is 7.62. The minimum Gasteiger partial charge on any atom is -0.396 e. The van der Waals surface area contributed by atoms with Crippen LogP contribution in [0, 0.1) is 6.92 Å². The number of halogens is 1. The van der Waals surface area contributed by atoms with Crippen LogP contribution in [0.2, 0.25) is 0 Å². The van der Waals surface area contributed by atoms with Gasteiger partial charge in [-0.15, -0.1) is 0 Å². The summed E-state index contributed by atoms with van der Waals surface area (Å²) in [4.78, 5) is 14.0. The second-order valence-electron chi connectivity index (χ2n) is 4.83. The molecule has 0 bridgehead atoms. The highest BCUT2D eigenvalue weighted by molar-refractivity contribution is 9.10. The molecule has 0 aromatic heterocycles. The Bertz CT molecular complexity index is 430. The summed E-state index contributed by atoms with van der Waals surface area (Å²) in [5.74, 6) is 0. The van der Waals surface area contributed by atoms with Crippen molar-refractivity contribution in [3.63, 3.8) is 0 Å². The first-order chi connectivity index (χ1) is 9.58. The second-order valence-corrected chi connectivity index (χ2v) is 5.69. The standard InChI is InChI=1S/C15H23BrN2O2/c1-3-4-8-18(9-5-10-19)15(20)17-14-7-6-12(2)11-13(14)16/h6-7,11,19H,3-5,8-10H2,1-2H3,(H,17,20). The molecule has 1 aromatic carbocycles. The topological polar surface area (TPSA) is 52.6 Å². The van der Waals surface area contributed by atoms with Crippen molar-refractivity contribution >= 4 is 27.6 Å². The molecule has 2 amide bonds. The molecule has 0 spiro atoms. The Hall–Kier alpha value is -1.07. The predicted octanol–water partition coefficient (Wildman–Crippen LogP) is 3.77. The van der Waals surface area contributed by atoms with Gasteiger partial charge in [-0.2, -0.15) is 0 Å². The minimum absolute atomic E-state index is 0.101. The van der Waals surface area contributed by atoms with Crippen LogP contribution in [0.25, 0.3) is 0 Å². The van der Waals surface area contributed by atoms with Crippen molar-refractivity contribution in [3.05, 3.63) is 28.2 Å². The van der Waals surface area contributed by atoms with Gasteiger partial charge in [-0.3, -0.25) is 0 Å². The normalized spacial score (nSPS) is 10.4. The van der Waals surface area contributed by atoms with Gasteiger partial charge in [0.25, 0.3) is 0 Å². The van der Waals surface area contributed by atoms with Crippen LogP contribution in [0.3, 0.4) is 0 Å². The summed E-state index contributed by atoms with van der Waals surface area (Å²) in [6, 6.07) is 5.71. The van der Waals surface area contributed by atoms with Crippen LogP contribution in [0.1, 0.15) is 31.7 Å². The molecular weight excluding hydrogens is 320 g/mol. The van der Waals surface area contributed by atoms with Crippen molar-refractivity contribution < 1.29 is 9.90 Å². The average Bonchev–Trinajstić information content (AvgIpc) is 2.42. The van der Waals surface area contributed by atoms with Gasteiger partial charge in [0.2, 0.25) is 0 Å². The SMILES string of the molecule is CCCCN(CCCO)C(=O)Nc1ccc(C)cc1Br. The number of aliphatic hydroxyl groups is 1. The molecule has 0 aliphatic carbocycles. The molecule has 0 heterocycles. The third-order valence-electron chi connectivity index (χ3n) is 3.02. The first kappa shape index (κ1) is 17.0. The predicted molar refractivity (Wildman–Crippen MR) is 86.1 cm³/mol.